The predicted molar refractivity (Wildman–Crippen MR) is 54.0 cm³/mol. The Labute approximate surface area is 88.5 Å². The summed E-state index contributed by atoms with van der Waals surface area (Å²) >= 11 is 11.0. The second kappa shape index (κ2) is 5.68. The number of carbonyl (C=O) groups is 1. The second-order valence-electron chi connectivity index (χ2n) is 3.07. The van der Waals surface area contributed by atoms with Crippen LogP contribution < -0.4 is 5.73 Å². The fraction of sp³-hybridized carbons (Fsp3) is 0.875. The lowest BCUT2D eigenvalue weighted by Gasteiger charge is -2.22. The minimum absolute atomic E-state index is 0.330. The topological polar surface area (TPSA) is 52.3 Å². The van der Waals surface area contributed by atoms with Crippen molar-refractivity contribution >= 4 is 29.2 Å². The molecule has 5 heteroatoms. The fourth-order valence-corrected chi connectivity index (χ4v) is 1.03. The summed E-state index contributed by atoms with van der Waals surface area (Å²) in [4.78, 5) is 10.8. The average molecular weight is 228 g/mol. The van der Waals surface area contributed by atoms with Crippen LogP contribution in [0.5, 0.6) is 0 Å². The van der Waals surface area contributed by atoms with E-state index < -0.39 is 16.3 Å². The van der Waals surface area contributed by atoms with Gasteiger partial charge in [0.15, 0.2) is 0 Å². The molecule has 0 radical (unpaired) electrons. The zero-order valence-electron chi connectivity index (χ0n) is 7.85. The molecule has 2 N–H and O–H groups in total. The van der Waals surface area contributed by atoms with Gasteiger partial charge in [-0.3, -0.25) is 4.79 Å². The number of esters is 1. The molecule has 0 heterocycles. The SMILES string of the molecule is CCOC(=O)C(C)(N)CCC(Cl)Cl. The molecule has 1 atom stereocenters. The quantitative estimate of drug-likeness (QED) is 0.577. The molecule has 0 rings (SSSR count). The zero-order chi connectivity index (χ0) is 10.5. The molecule has 0 aliphatic rings. The van der Waals surface area contributed by atoms with E-state index in [0.29, 0.717) is 19.4 Å². The summed E-state index contributed by atoms with van der Waals surface area (Å²) in [6, 6.07) is 0. The normalized spacial score (nSPS) is 15.5. The van der Waals surface area contributed by atoms with Gasteiger partial charge in [0.05, 0.1) is 6.61 Å². The number of nitrogens with two attached hydrogens (primary N) is 1. The molecule has 13 heavy (non-hydrogen) atoms. The Bertz CT molecular complexity index is 172. The monoisotopic (exact) mass is 227 g/mol. The molecular formula is C8H15Cl2NO2. The van der Waals surface area contributed by atoms with E-state index in [0.717, 1.165) is 0 Å². The highest BCUT2D eigenvalue weighted by Gasteiger charge is 2.29. The van der Waals surface area contributed by atoms with Crippen LogP contribution in [0.1, 0.15) is 26.7 Å². The van der Waals surface area contributed by atoms with Crippen LogP contribution in [0.3, 0.4) is 0 Å². The van der Waals surface area contributed by atoms with E-state index in [1.165, 1.54) is 0 Å². The summed E-state index contributed by atoms with van der Waals surface area (Å²) in [5.74, 6) is -0.413. The Morgan fingerprint density at radius 1 is 1.62 bits per heavy atom. The molecule has 0 aromatic rings. The van der Waals surface area contributed by atoms with Gasteiger partial charge in [0.1, 0.15) is 10.4 Å². The van der Waals surface area contributed by atoms with E-state index in [4.69, 9.17) is 33.7 Å². The Kier molecular flexibility index (Phi) is 5.68. The molecule has 0 aromatic heterocycles. The first kappa shape index (κ1) is 13.0. The van der Waals surface area contributed by atoms with Crippen LogP contribution in [0.25, 0.3) is 0 Å². The van der Waals surface area contributed by atoms with Crippen molar-refractivity contribution in [1.82, 2.24) is 0 Å². The lowest BCUT2D eigenvalue weighted by molar-refractivity contribution is -0.149. The number of ether oxygens (including phenoxy) is 1. The van der Waals surface area contributed by atoms with Crippen molar-refractivity contribution in [3.8, 4) is 0 Å². The first-order chi connectivity index (χ1) is 5.90. The molecular weight excluding hydrogens is 213 g/mol. The highest BCUT2D eigenvalue weighted by molar-refractivity contribution is 6.44. The highest BCUT2D eigenvalue weighted by atomic mass is 35.5. The van der Waals surface area contributed by atoms with E-state index in [1.54, 1.807) is 13.8 Å². The molecule has 0 saturated heterocycles. The third-order valence-electron chi connectivity index (χ3n) is 1.62. The number of halogens is 2. The van der Waals surface area contributed by atoms with Gasteiger partial charge in [-0.15, -0.1) is 23.2 Å². The Hall–Kier alpha value is 0.01000. The molecule has 0 spiro atoms. The third kappa shape index (κ3) is 5.34. The maximum absolute atomic E-state index is 11.2. The van der Waals surface area contributed by atoms with Gasteiger partial charge in [-0.05, 0) is 26.7 Å². The van der Waals surface area contributed by atoms with E-state index in [1.807, 2.05) is 0 Å². The maximum atomic E-state index is 11.2. The molecule has 0 aliphatic heterocycles. The Balaban J connectivity index is 3.98. The van der Waals surface area contributed by atoms with Crippen molar-refractivity contribution in [3.63, 3.8) is 0 Å². The number of rotatable bonds is 5. The highest BCUT2D eigenvalue weighted by Crippen LogP contribution is 2.17. The van der Waals surface area contributed by atoms with Gasteiger partial charge in [0, 0.05) is 0 Å². The lowest BCUT2D eigenvalue weighted by Crippen LogP contribution is -2.46. The number of hydrogen-bond donors (Lipinski definition) is 1. The lowest BCUT2D eigenvalue weighted by atomic mass is 9.98. The Morgan fingerprint density at radius 2 is 2.15 bits per heavy atom. The molecule has 0 bridgehead atoms. The van der Waals surface area contributed by atoms with Gasteiger partial charge >= 0.3 is 5.97 Å². The summed E-state index contributed by atoms with van der Waals surface area (Å²) < 4.78 is 4.79. The Morgan fingerprint density at radius 3 is 2.54 bits per heavy atom. The number of hydrogen-bond acceptors (Lipinski definition) is 3. The third-order valence-corrected chi connectivity index (χ3v) is 2.06. The van der Waals surface area contributed by atoms with Gasteiger partial charge in [-0.2, -0.15) is 0 Å². The summed E-state index contributed by atoms with van der Waals surface area (Å²) in [5, 5.41) is 0. The summed E-state index contributed by atoms with van der Waals surface area (Å²) in [6.07, 6.45) is 0.901. The van der Waals surface area contributed by atoms with Crippen LogP contribution in [0.2, 0.25) is 0 Å². The van der Waals surface area contributed by atoms with E-state index in [-0.39, 0.29) is 0 Å². The first-order valence-electron chi connectivity index (χ1n) is 4.14. The van der Waals surface area contributed by atoms with Gasteiger partial charge in [0.2, 0.25) is 0 Å². The van der Waals surface area contributed by atoms with E-state index >= 15 is 0 Å². The van der Waals surface area contributed by atoms with Crippen LogP contribution in [-0.4, -0.2) is 23.0 Å². The predicted octanol–water partition coefficient (Wildman–Crippen LogP) is 1.85. The number of carbonyl (C=O) groups excluding carboxylic acids is 1. The molecule has 0 saturated carbocycles. The maximum Gasteiger partial charge on any atom is 0.325 e. The summed E-state index contributed by atoms with van der Waals surface area (Å²) in [5.41, 5.74) is 4.71. The largest absolute Gasteiger partial charge is 0.465 e. The minimum atomic E-state index is -0.988. The number of alkyl halides is 2. The summed E-state index contributed by atoms with van der Waals surface area (Å²) in [7, 11) is 0. The van der Waals surface area contributed by atoms with Gasteiger partial charge < -0.3 is 10.5 Å². The molecule has 1 unspecified atom stereocenters. The van der Waals surface area contributed by atoms with Gasteiger partial charge in [-0.25, -0.2) is 0 Å². The van der Waals surface area contributed by atoms with E-state index in [2.05, 4.69) is 0 Å². The van der Waals surface area contributed by atoms with Crippen LogP contribution in [0, 0.1) is 0 Å². The first-order valence-corrected chi connectivity index (χ1v) is 5.01. The van der Waals surface area contributed by atoms with Crippen molar-refractivity contribution in [1.29, 1.82) is 0 Å². The zero-order valence-corrected chi connectivity index (χ0v) is 9.36. The van der Waals surface area contributed by atoms with Crippen molar-refractivity contribution in [2.24, 2.45) is 5.73 Å². The molecule has 78 valence electrons. The van der Waals surface area contributed by atoms with Crippen LogP contribution in [0.4, 0.5) is 0 Å². The van der Waals surface area contributed by atoms with Crippen molar-refractivity contribution in [2.75, 3.05) is 6.61 Å². The summed E-state index contributed by atoms with van der Waals surface area (Å²) in [6.45, 7) is 3.68. The second-order valence-corrected chi connectivity index (χ2v) is 4.34. The van der Waals surface area contributed by atoms with Crippen molar-refractivity contribution in [3.05, 3.63) is 0 Å². The standard InChI is InChI=1S/C8H15Cl2NO2/c1-3-13-7(12)8(2,11)5-4-6(9)10/h6H,3-5,11H2,1-2H3. The molecule has 0 aromatic carbocycles. The van der Waals surface area contributed by atoms with E-state index in [9.17, 15) is 4.79 Å². The average Bonchev–Trinajstić information content (AvgIpc) is 2.01. The van der Waals surface area contributed by atoms with Crippen molar-refractivity contribution in [2.45, 2.75) is 37.1 Å². The molecule has 3 nitrogen and oxygen atoms in total. The molecule has 0 aliphatic carbocycles. The smallest absolute Gasteiger partial charge is 0.325 e. The molecule has 0 fully saturated rings. The fourth-order valence-electron chi connectivity index (χ4n) is 0.807. The van der Waals surface area contributed by atoms with Gasteiger partial charge in [-0.1, -0.05) is 0 Å². The van der Waals surface area contributed by atoms with Crippen molar-refractivity contribution < 1.29 is 9.53 Å². The van der Waals surface area contributed by atoms with Crippen LogP contribution >= 0.6 is 23.2 Å². The molecule has 0 amide bonds. The van der Waals surface area contributed by atoms with Gasteiger partial charge in [0.25, 0.3) is 0 Å². The minimum Gasteiger partial charge on any atom is -0.465 e. The van der Waals surface area contributed by atoms with Crippen LogP contribution in [0.15, 0.2) is 0 Å². The van der Waals surface area contributed by atoms with Crippen LogP contribution in [-0.2, 0) is 9.53 Å².